The van der Waals surface area contributed by atoms with Crippen LogP contribution in [0.4, 0.5) is 10.1 Å². The number of anilines is 1. The molecule has 30 heavy (non-hydrogen) atoms. The van der Waals surface area contributed by atoms with Crippen molar-refractivity contribution >= 4 is 29.3 Å². The monoisotopic (exact) mass is 429 g/mol. The average Bonchev–Trinajstić information content (AvgIpc) is 2.76. The molecule has 2 atom stereocenters. The first-order valence-corrected chi connectivity index (χ1v) is 10.9. The number of ether oxygens (including phenoxy) is 1. The number of nitrogens with zero attached hydrogens (tertiary/aromatic N) is 1. The molecule has 2 heterocycles. The third kappa shape index (κ3) is 5.00. The summed E-state index contributed by atoms with van der Waals surface area (Å²) >= 11 is 1.41. The van der Waals surface area contributed by atoms with E-state index in [0.717, 1.165) is 29.2 Å². The number of hydrogen-bond acceptors (Lipinski definition) is 5. The zero-order valence-corrected chi connectivity index (χ0v) is 17.3. The minimum Gasteiger partial charge on any atom is -0.379 e. The van der Waals surface area contributed by atoms with E-state index in [0.29, 0.717) is 19.8 Å². The van der Waals surface area contributed by atoms with E-state index in [2.05, 4.69) is 15.5 Å². The molecule has 2 aromatic rings. The van der Waals surface area contributed by atoms with Crippen LogP contribution >= 0.6 is 11.8 Å². The molecule has 2 amide bonds. The lowest BCUT2D eigenvalue weighted by atomic mass is 10.0. The van der Waals surface area contributed by atoms with Gasteiger partial charge in [0.1, 0.15) is 5.82 Å². The number of rotatable bonds is 6. The Morgan fingerprint density at radius 1 is 1.20 bits per heavy atom. The molecule has 2 N–H and O–H groups in total. The van der Waals surface area contributed by atoms with E-state index in [-0.39, 0.29) is 30.1 Å². The summed E-state index contributed by atoms with van der Waals surface area (Å²) in [6.45, 7) is 3.14. The van der Waals surface area contributed by atoms with Gasteiger partial charge in [-0.1, -0.05) is 24.3 Å². The summed E-state index contributed by atoms with van der Waals surface area (Å²) in [7, 11) is 0. The molecule has 158 valence electrons. The van der Waals surface area contributed by atoms with Gasteiger partial charge < -0.3 is 15.4 Å². The fourth-order valence-electron chi connectivity index (χ4n) is 3.71. The van der Waals surface area contributed by atoms with Crippen molar-refractivity contribution in [2.24, 2.45) is 0 Å². The van der Waals surface area contributed by atoms with E-state index < -0.39 is 5.25 Å². The van der Waals surface area contributed by atoms with Crippen LogP contribution in [0.15, 0.2) is 53.4 Å². The minimum absolute atomic E-state index is 0.0768. The van der Waals surface area contributed by atoms with E-state index in [1.807, 2.05) is 24.3 Å². The number of amides is 2. The van der Waals surface area contributed by atoms with Crippen LogP contribution in [0.25, 0.3) is 0 Å². The number of para-hydroxylation sites is 1. The number of morpholine rings is 1. The van der Waals surface area contributed by atoms with Gasteiger partial charge in [0, 0.05) is 31.0 Å². The fraction of sp³-hybridized carbons (Fsp3) is 0.364. The zero-order chi connectivity index (χ0) is 20.9. The summed E-state index contributed by atoms with van der Waals surface area (Å²) in [5.41, 5.74) is 1.73. The van der Waals surface area contributed by atoms with Gasteiger partial charge in [-0.05, 0) is 29.8 Å². The molecule has 0 aliphatic carbocycles. The summed E-state index contributed by atoms with van der Waals surface area (Å²) in [6.07, 6.45) is 0.101. The van der Waals surface area contributed by atoms with Crippen LogP contribution in [-0.4, -0.2) is 54.8 Å². The van der Waals surface area contributed by atoms with Gasteiger partial charge in [0.15, 0.2) is 0 Å². The number of carbonyl (C=O) groups excluding carboxylic acids is 2. The molecule has 0 saturated carbocycles. The molecule has 1 saturated heterocycles. The van der Waals surface area contributed by atoms with Gasteiger partial charge in [-0.2, -0.15) is 0 Å². The molecule has 0 bridgehead atoms. The molecule has 2 aliphatic rings. The Morgan fingerprint density at radius 3 is 2.70 bits per heavy atom. The van der Waals surface area contributed by atoms with E-state index in [9.17, 15) is 14.0 Å². The van der Waals surface area contributed by atoms with Crippen LogP contribution in [0.2, 0.25) is 0 Å². The number of fused-ring (bicyclic) bond motifs is 1. The molecular weight excluding hydrogens is 405 g/mol. The third-order valence-electron chi connectivity index (χ3n) is 5.31. The topological polar surface area (TPSA) is 70.7 Å². The van der Waals surface area contributed by atoms with Gasteiger partial charge >= 0.3 is 0 Å². The van der Waals surface area contributed by atoms with Crippen molar-refractivity contribution in [1.29, 1.82) is 0 Å². The fourth-order valence-corrected chi connectivity index (χ4v) is 4.82. The Morgan fingerprint density at radius 2 is 1.93 bits per heavy atom. The van der Waals surface area contributed by atoms with Crippen LogP contribution in [-0.2, 0) is 14.3 Å². The van der Waals surface area contributed by atoms with E-state index in [1.54, 1.807) is 12.1 Å². The third-order valence-corrected chi connectivity index (χ3v) is 6.59. The molecule has 0 radical (unpaired) electrons. The van der Waals surface area contributed by atoms with Crippen molar-refractivity contribution in [3.63, 3.8) is 0 Å². The smallest absolute Gasteiger partial charge is 0.238 e. The number of hydrogen-bond donors (Lipinski definition) is 2. The van der Waals surface area contributed by atoms with Crippen LogP contribution in [0.5, 0.6) is 0 Å². The zero-order valence-electron chi connectivity index (χ0n) is 16.5. The second kappa shape index (κ2) is 9.59. The van der Waals surface area contributed by atoms with Crippen LogP contribution in [0, 0.1) is 5.82 Å². The first kappa shape index (κ1) is 20.8. The number of thioether (sulfide) groups is 1. The molecule has 6 nitrogen and oxygen atoms in total. The summed E-state index contributed by atoms with van der Waals surface area (Å²) in [6, 6.07) is 13.9. The molecule has 8 heteroatoms. The molecule has 4 rings (SSSR count). The van der Waals surface area contributed by atoms with Gasteiger partial charge in [0.2, 0.25) is 11.8 Å². The Labute approximate surface area is 179 Å². The molecule has 0 unspecified atom stereocenters. The van der Waals surface area contributed by atoms with Crippen molar-refractivity contribution in [2.75, 3.05) is 38.2 Å². The summed E-state index contributed by atoms with van der Waals surface area (Å²) in [5, 5.41) is 5.38. The van der Waals surface area contributed by atoms with Crippen LogP contribution < -0.4 is 10.6 Å². The number of benzene rings is 2. The molecule has 2 aliphatic heterocycles. The molecule has 1 fully saturated rings. The van der Waals surface area contributed by atoms with Crippen LogP contribution in [0.3, 0.4) is 0 Å². The second-order valence-corrected chi connectivity index (χ2v) is 8.56. The first-order chi connectivity index (χ1) is 14.6. The van der Waals surface area contributed by atoms with Crippen molar-refractivity contribution < 1.29 is 18.7 Å². The maximum absolute atomic E-state index is 13.4. The Balaban J connectivity index is 1.39. The Kier molecular flexibility index (Phi) is 6.66. The Hall–Kier alpha value is -2.42. The van der Waals surface area contributed by atoms with E-state index in [4.69, 9.17) is 4.74 Å². The summed E-state index contributed by atoms with van der Waals surface area (Å²) in [5.74, 6) is -0.622. The predicted octanol–water partition coefficient (Wildman–Crippen LogP) is 2.82. The van der Waals surface area contributed by atoms with E-state index in [1.165, 1.54) is 23.9 Å². The molecule has 0 spiro atoms. The highest BCUT2D eigenvalue weighted by Crippen LogP contribution is 2.36. The standard InChI is InChI=1S/C22H24FN3O3S/c23-16-7-5-15(6-8-16)18(26-9-11-29-12-10-26)14-24-21(27)13-20-22(28)25-17-3-1-2-4-19(17)30-20/h1-8,18,20H,9-14H2,(H,24,27)(H,25,28)/t18-,20-/m0/s1. The lowest BCUT2D eigenvalue weighted by molar-refractivity contribution is -0.124. The SMILES string of the molecule is O=C(C[C@@H]1Sc2ccccc2NC1=O)NC[C@@H](c1ccc(F)cc1)N1CCOCC1. The van der Waals surface area contributed by atoms with Crippen molar-refractivity contribution in [3.05, 3.63) is 59.9 Å². The van der Waals surface area contributed by atoms with Crippen molar-refractivity contribution in [1.82, 2.24) is 10.2 Å². The van der Waals surface area contributed by atoms with Crippen molar-refractivity contribution in [2.45, 2.75) is 22.6 Å². The quantitative estimate of drug-likeness (QED) is 0.739. The summed E-state index contributed by atoms with van der Waals surface area (Å²) < 4.78 is 18.8. The van der Waals surface area contributed by atoms with Crippen LogP contribution in [0.1, 0.15) is 18.0 Å². The van der Waals surface area contributed by atoms with Crippen molar-refractivity contribution in [3.8, 4) is 0 Å². The highest BCUT2D eigenvalue weighted by molar-refractivity contribution is 8.01. The highest BCUT2D eigenvalue weighted by atomic mass is 32.2. The normalized spacial score (nSPS) is 20.2. The van der Waals surface area contributed by atoms with Gasteiger partial charge in [0.05, 0.1) is 30.2 Å². The maximum Gasteiger partial charge on any atom is 0.238 e. The summed E-state index contributed by atoms with van der Waals surface area (Å²) in [4.78, 5) is 28.2. The molecule has 0 aromatic heterocycles. The van der Waals surface area contributed by atoms with Gasteiger partial charge in [-0.3, -0.25) is 14.5 Å². The van der Waals surface area contributed by atoms with Gasteiger partial charge in [0.25, 0.3) is 0 Å². The number of halogens is 1. The predicted molar refractivity (Wildman–Crippen MR) is 114 cm³/mol. The van der Waals surface area contributed by atoms with Gasteiger partial charge in [-0.15, -0.1) is 11.8 Å². The van der Waals surface area contributed by atoms with E-state index >= 15 is 0 Å². The number of nitrogens with one attached hydrogen (secondary N) is 2. The average molecular weight is 430 g/mol. The molecule has 2 aromatic carbocycles. The highest BCUT2D eigenvalue weighted by Gasteiger charge is 2.29. The number of carbonyl (C=O) groups is 2. The Bertz CT molecular complexity index is 903. The molecular formula is C22H24FN3O3S. The van der Waals surface area contributed by atoms with Gasteiger partial charge in [-0.25, -0.2) is 4.39 Å². The second-order valence-electron chi connectivity index (χ2n) is 7.32. The lowest BCUT2D eigenvalue weighted by Crippen LogP contribution is -2.44. The maximum atomic E-state index is 13.4. The minimum atomic E-state index is -0.465. The largest absolute Gasteiger partial charge is 0.379 e. The first-order valence-electron chi connectivity index (χ1n) is 10.0. The lowest BCUT2D eigenvalue weighted by Gasteiger charge is -2.35.